The summed E-state index contributed by atoms with van der Waals surface area (Å²) in [6.45, 7) is -0.282. The lowest BCUT2D eigenvalue weighted by Crippen LogP contribution is -2.33. The fourth-order valence-corrected chi connectivity index (χ4v) is 2.53. The first-order valence-electron chi connectivity index (χ1n) is 7.51. The topological polar surface area (TPSA) is 88.9 Å². The average Bonchev–Trinajstić information content (AvgIpc) is 3.17. The van der Waals surface area contributed by atoms with Crippen LogP contribution in [0.5, 0.6) is 0 Å². The minimum absolute atomic E-state index is 0.135. The van der Waals surface area contributed by atoms with Crippen LogP contribution in [-0.2, 0) is 4.79 Å². The quantitative estimate of drug-likeness (QED) is 0.667. The molecule has 0 radical (unpaired) electrons. The number of hydrogen-bond acceptors (Lipinski definition) is 4. The van der Waals surface area contributed by atoms with Crippen molar-refractivity contribution in [2.24, 2.45) is 0 Å². The summed E-state index contributed by atoms with van der Waals surface area (Å²) in [6.07, 6.45) is 2.98. The van der Waals surface area contributed by atoms with Gasteiger partial charge in [0.25, 0.3) is 5.91 Å². The van der Waals surface area contributed by atoms with Crippen LogP contribution in [0.25, 0.3) is 5.69 Å². The van der Waals surface area contributed by atoms with Crippen LogP contribution in [0, 0.1) is 5.82 Å². The van der Waals surface area contributed by atoms with Crippen LogP contribution in [0.1, 0.15) is 10.4 Å². The summed E-state index contributed by atoms with van der Waals surface area (Å²) in [6, 6.07) is 10.9. The number of carbonyl (C=O) groups is 2. The zero-order valence-corrected chi connectivity index (χ0v) is 14.9. The van der Waals surface area contributed by atoms with Crippen molar-refractivity contribution in [3.8, 4) is 5.69 Å². The molecule has 7 nitrogen and oxygen atoms in total. The maximum atomic E-state index is 13.7. The highest BCUT2D eigenvalue weighted by molar-refractivity contribution is 9.10. The number of nitrogens with one attached hydrogen (secondary N) is 2. The van der Waals surface area contributed by atoms with Crippen molar-refractivity contribution in [2.45, 2.75) is 0 Å². The Bertz CT molecular complexity index is 929. The number of carbonyl (C=O) groups excluding carboxylic acids is 2. The van der Waals surface area contributed by atoms with E-state index < -0.39 is 17.6 Å². The van der Waals surface area contributed by atoms with Crippen molar-refractivity contribution in [3.05, 3.63) is 71.0 Å². The molecule has 3 rings (SSSR count). The fraction of sp³-hybridized carbons (Fsp3) is 0.0588. The number of aromatic nitrogens is 3. The van der Waals surface area contributed by atoms with Gasteiger partial charge in [-0.3, -0.25) is 9.59 Å². The molecule has 3 aromatic rings. The third-order valence-electron chi connectivity index (χ3n) is 3.42. The molecular weight excluding hydrogens is 405 g/mol. The summed E-state index contributed by atoms with van der Waals surface area (Å²) >= 11 is 3.17. The normalized spacial score (nSPS) is 10.4. The van der Waals surface area contributed by atoms with Crippen LogP contribution in [0.2, 0.25) is 0 Å². The van der Waals surface area contributed by atoms with Crippen molar-refractivity contribution in [1.29, 1.82) is 0 Å². The van der Waals surface area contributed by atoms with Crippen LogP contribution in [0.3, 0.4) is 0 Å². The standard InChI is InChI=1S/C17H13BrFN5O2/c18-11-1-6-15(19)14(7-11)17(26)21-8-16(25)23-12-2-4-13(5-3-12)24-10-20-9-22-24/h1-7,9-10H,8H2,(H,21,26)(H,23,25). The predicted octanol–water partition coefficient (Wildman–Crippen LogP) is 2.54. The van der Waals surface area contributed by atoms with E-state index in [-0.39, 0.29) is 12.1 Å². The van der Waals surface area contributed by atoms with Crippen LogP contribution in [-0.4, -0.2) is 33.1 Å². The Hall–Kier alpha value is -3.07. The van der Waals surface area contributed by atoms with Gasteiger partial charge in [-0.05, 0) is 42.5 Å². The van der Waals surface area contributed by atoms with Gasteiger partial charge in [-0.1, -0.05) is 15.9 Å². The van der Waals surface area contributed by atoms with E-state index in [0.717, 1.165) is 5.69 Å². The number of halogens is 2. The molecule has 2 N–H and O–H groups in total. The van der Waals surface area contributed by atoms with Gasteiger partial charge < -0.3 is 10.6 Å². The van der Waals surface area contributed by atoms with Gasteiger partial charge in [-0.2, -0.15) is 5.10 Å². The molecule has 2 aromatic carbocycles. The van der Waals surface area contributed by atoms with Gasteiger partial charge in [0.15, 0.2) is 0 Å². The average molecular weight is 418 g/mol. The molecular formula is C17H13BrFN5O2. The molecule has 1 heterocycles. The monoisotopic (exact) mass is 417 g/mol. The maximum absolute atomic E-state index is 13.7. The van der Waals surface area contributed by atoms with E-state index in [2.05, 4.69) is 36.6 Å². The van der Waals surface area contributed by atoms with E-state index >= 15 is 0 Å². The number of benzene rings is 2. The zero-order chi connectivity index (χ0) is 18.5. The lowest BCUT2D eigenvalue weighted by Gasteiger charge is -2.08. The number of amides is 2. The molecule has 0 aliphatic carbocycles. The SMILES string of the molecule is O=C(CNC(=O)c1cc(Br)ccc1F)Nc1ccc(-n2cncn2)cc1. The first-order valence-corrected chi connectivity index (χ1v) is 8.30. The fourth-order valence-electron chi connectivity index (χ4n) is 2.17. The molecule has 26 heavy (non-hydrogen) atoms. The molecule has 0 atom stereocenters. The van der Waals surface area contributed by atoms with Gasteiger partial charge in [0, 0.05) is 10.2 Å². The highest BCUT2D eigenvalue weighted by Crippen LogP contribution is 2.15. The van der Waals surface area contributed by atoms with Gasteiger partial charge >= 0.3 is 0 Å². The molecule has 1 aromatic heterocycles. The molecule has 0 spiro atoms. The molecule has 132 valence electrons. The minimum atomic E-state index is -0.666. The number of anilines is 1. The summed E-state index contributed by atoms with van der Waals surface area (Å²) in [5.74, 6) is -1.75. The Morgan fingerprint density at radius 3 is 2.62 bits per heavy atom. The predicted molar refractivity (Wildman–Crippen MR) is 96.4 cm³/mol. The maximum Gasteiger partial charge on any atom is 0.254 e. The van der Waals surface area contributed by atoms with Gasteiger partial charge in [-0.15, -0.1) is 0 Å². The Kier molecular flexibility index (Phi) is 5.37. The molecule has 9 heteroatoms. The Balaban J connectivity index is 1.55. The summed E-state index contributed by atoms with van der Waals surface area (Å²) in [5, 5.41) is 9.04. The largest absolute Gasteiger partial charge is 0.343 e. The second-order valence-electron chi connectivity index (χ2n) is 5.24. The van der Waals surface area contributed by atoms with Gasteiger partial charge in [-0.25, -0.2) is 14.1 Å². The lowest BCUT2D eigenvalue weighted by molar-refractivity contribution is -0.115. The van der Waals surface area contributed by atoms with E-state index in [4.69, 9.17) is 0 Å². The van der Waals surface area contributed by atoms with E-state index in [1.165, 1.54) is 24.5 Å². The second-order valence-corrected chi connectivity index (χ2v) is 6.16. The van der Waals surface area contributed by atoms with Crippen molar-refractivity contribution in [3.63, 3.8) is 0 Å². The smallest absolute Gasteiger partial charge is 0.254 e. The third kappa shape index (κ3) is 4.31. The van der Waals surface area contributed by atoms with E-state index in [1.54, 1.807) is 35.3 Å². The first-order chi connectivity index (χ1) is 12.5. The van der Waals surface area contributed by atoms with Crippen LogP contribution in [0.15, 0.2) is 59.6 Å². The van der Waals surface area contributed by atoms with Crippen molar-refractivity contribution in [2.75, 3.05) is 11.9 Å². The Labute approximate surface area is 156 Å². The van der Waals surface area contributed by atoms with Crippen molar-refractivity contribution >= 4 is 33.4 Å². The van der Waals surface area contributed by atoms with Crippen LogP contribution < -0.4 is 10.6 Å². The minimum Gasteiger partial charge on any atom is -0.343 e. The highest BCUT2D eigenvalue weighted by atomic mass is 79.9. The summed E-state index contributed by atoms with van der Waals surface area (Å²) < 4.78 is 15.8. The van der Waals surface area contributed by atoms with Gasteiger partial charge in [0.1, 0.15) is 18.5 Å². The van der Waals surface area contributed by atoms with Crippen LogP contribution in [0.4, 0.5) is 10.1 Å². The van der Waals surface area contributed by atoms with Crippen molar-refractivity contribution in [1.82, 2.24) is 20.1 Å². The molecule has 0 saturated heterocycles. The van der Waals surface area contributed by atoms with E-state index in [0.29, 0.717) is 10.2 Å². The number of hydrogen-bond donors (Lipinski definition) is 2. The molecule has 0 fully saturated rings. The second kappa shape index (κ2) is 7.87. The molecule has 0 saturated carbocycles. The molecule has 0 aliphatic rings. The zero-order valence-electron chi connectivity index (χ0n) is 13.3. The summed E-state index contributed by atoms with van der Waals surface area (Å²) in [4.78, 5) is 27.8. The summed E-state index contributed by atoms with van der Waals surface area (Å²) in [7, 11) is 0. The highest BCUT2D eigenvalue weighted by Gasteiger charge is 2.13. The molecule has 2 amide bonds. The van der Waals surface area contributed by atoms with Gasteiger partial charge in [0.2, 0.25) is 5.91 Å². The molecule has 0 unspecified atom stereocenters. The van der Waals surface area contributed by atoms with Crippen molar-refractivity contribution < 1.29 is 14.0 Å². The Morgan fingerprint density at radius 1 is 1.15 bits per heavy atom. The number of nitrogens with zero attached hydrogens (tertiary/aromatic N) is 3. The molecule has 0 aliphatic heterocycles. The van der Waals surface area contributed by atoms with Crippen LogP contribution >= 0.6 is 15.9 Å². The first kappa shape index (κ1) is 17.7. The van der Waals surface area contributed by atoms with E-state index in [9.17, 15) is 14.0 Å². The Morgan fingerprint density at radius 2 is 1.92 bits per heavy atom. The third-order valence-corrected chi connectivity index (χ3v) is 3.91. The summed E-state index contributed by atoms with van der Waals surface area (Å²) in [5.41, 5.74) is 1.21. The molecule has 0 bridgehead atoms. The number of rotatable bonds is 5. The lowest BCUT2D eigenvalue weighted by atomic mass is 10.2. The van der Waals surface area contributed by atoms with E-state index in [1.807, 2.05) is 0 Å². The van der Waals surface area contributed by atoms with Gasteiger partial charge in [0.05, 0.1) is 17.8 Å².